The van der Waals surface area contributed by atoms with E-state index in [0.717, 1.165) is 44.0 Å². The number of hydrogen-bond donors (Lipinski definition) is 2. The fourth-order valence-electron chi connectivity index (χ4n) is 2.96. The van der Waals surface area contributed by atoms with Gasteiger partial charge in [-0.15, -0.1) is 0 Å². The highest BCUT2D eigenvalue weighted by Crippen LogP contribution is 2.24. The molecule has 1 aliphatic rings. The van der Waals surface area contributed by atoms with Crippen molar-refractivity contribution in [3.63, 3.8) is 0 Å². The first-order valence-electron chi connectivity index (χ1n) is 10.1. The molecule has 0 aromatic carbocycles. The van der Waals surface area contributed by atoms with Crippen LogP contribution in [0.1, 0.15) is 28.0 Å². The molecule has 14 heteroatoms. The lowest BCUT2D eigenvalue weighted by molar-refractivity contribution is -0.193. The number of carbonyl (C=O) groups excluding carboxylic acids is 3. The lowest BCUT2D eigenvalue weighted by Crippen LogP contribution is -2.39. The first kappa shape index (κ1) is 27.7. The number of nitrogens with one attached hydrogen (secondary N) is 1. The summed E-state index contributed by atoms with van der Waals surface area (Å²) in [6.45, 7) is 5.65. The smallest absolute Gasteiger partial charge is 0.383 e. The fourth-order valence-corrected chi connectivity index (χ4v) is 2.96. The number of rotatable bonds is 4. The Morgan fingerprint density at radius 2 is 1.63 bits per heavy atom. The third kappa shape index (κ3) is 7.73. The van der Waals surface area contributed by atoms with Crippen LogP contribution >= 0.6 is 0 Å². The van der Waals surface area contributed by atoms with Crippen molar-refractivity contribution in [2.45, 2.75) is 25.7 Å². The average Bonchev–Trinajstić information content (AvgIpc) is 3.08. The predicted octanol–water partition coefficient (Wildman–Crippen LogP) is 2.65. The first-order valence-corrected chi connectivity index (χ1v) is 10.1. The van der Waals surface area contributed by atoms with E-state index >= 15 is 0 Å². The van der Waals surface area contributed by atoms with Gasteiger partial charge in [-0.2, -0.15) is 26.3 Å². The van der Waals surface area contributed by atoms with Crippen LogP contribution < -0.4 is 16.0 Å². The number of halogens is 6. The van der Waals surface area contributed by atoms with Crippen molar-refractivity contribution in [2.24, 2.45) is 0 Å². The summed E-state index contributed by atoms with van der Waals surface area (Å²) in [5.74, 6) is -5.93. The Morgan fingerprint density at radius 1 is 1.00 bits per heavy atom. The van der Waals surface area contributed by atoms with E-state index < -0.39 is 23.9 Å². The highest BCUT2D eigenvalue weighted by Gasteiger charge is 2.54. The van der Waals surface area contributed by atoms with Crippen molar-refractivity contribution in [1.29, 1.82) is 0 Å². The van der Waals surface area contributed by atoms with Gasteiger partial charge in [0.2, 0.25) is 5.78 Å². The molecule has 2 aromatic heterocycles. The van der Waals surface area contributed by atoms with E-state index in [1.165, 1.54) is 0 Å². The molecule has 2 aromatic rings. The second-order valence-corrected chi connectivity index (χ2v) is 7.40. The second kappa shape index (κ2) is 11.3. The Labute approximate surface area is 195 Å². The second-order valence-electron chi connectivity index (χ2n) is 7.40. The molecule has 35 heavy (non-hydrogen) atoms. The maximum Gasteiger partial charge on any atom is 0.458 e. The van der Waals surface area contributed by atoms with Gasteiger partial charge in [0.15, 0.2) is 0 Å². The molecule has 1 saturated heterocycles. The first-order chi connectivity index (χ1) is 16.2. The summed E-state index contributed by atoms with van der Waals surface area (Å²) >= 11 is 0. The van der Waals surface area contributed by atoms with Crippen LogP contribution in [0, 0.1) is 6.92 Å². The summed E-state index contributed by atoms with van der Waals surface area (Å²) in [6, 6.07) is 7.30. The average molecular weight is 505 g/mol. The SMILES string of the molecule is Cc1cnc(N)c(C(=O)c2cccc(N3CCCNCC3)n2)c1.O=C(C(=O)C(F)(F)F)C(F)(F)F. The standard InChI is InChI=1S/C17H21N5O.C4F6O2/c1-12-10-13(17(18)20-11-12)16(23)14-4-2-5-15(21-14)22-8-3-6-19-7-9-22;5-3(6,7)1(11)2(12)4(8,9)10/h2,4-5,10-11,19H,3,6-9H2,1H3,(H2,18,20);. The number of hydrogen-bond acceptors (Lipinski definition) is 8. The summed E-state index contributed by atoms with van der Waals surface area (Å²) < 4.78 is 67.0. The van der Waals surface area contributed by atoms with Crippen molar-refractivity contribution >= 4 is 29.0 Å². The maximum absolute atomic E-state index is 12.7. The lowest BCUT2D eigenvalue weighted by Gasteiger charge is -2.21. The summed E-state index contributed by atoms with van der Waals surface area (Å²) in [5, 5.41) is 3.36. The molecule has 3 heterocycles. The molecule has 3 rings (SSSR count). The number of anilines is 2. The van der Waals surface area contributed by atoms with Gasteiger partial charge in [0.1, 0.15) is 17.3 Å². The minimum atomic E-state index is -5.77. The van der Waals surface area contributed by atoms with E-state index in [0.29, 0.717) is 11.3 Å². The van der Waals surface area contributed by atoms with Crippen LogP contribution in [0.5, 0.6) is 0 Å². The Balaban J connectivity index is 0.000000307. The van der Waals surface area contributed by atoms with Crippen LogP contribution in [0.2, 0.25) is 0 Å². The molecular formula is C21H21F6N5O3. The quantitative estimate of drug-likeness (QED) is 0.370. The Kier molecular flexibility index (Phi) is 8.90. The van der Waals surface area contributed by atoms with Gasteiger partial charge in [-0.25, -0.2) is 9.97 Å². The van der Waals surface area contributed by atoms with Gasteiger partial charge in [0.05, 0.1) is 5.56 Å². The molecule has 0 radical (unpaired) electrons. The molecule has 1 aliphatic heterocycles. The number of ketones is 3. The largest absolute Gasteiger partial charge is 0.458 e. The van der Waals surface area contributed by atoms with Crippen molar-refractivity contribution in [1.82, 2.24) is 15.3 Å². The zero-order valence-corrected chi connectivity index (χ0v) is 18.3. The number of pyridine rings is 2. The zero-order chi connectivity index (χ0) is 26.4. The minimum Gasteiger partial charge on any atom is -0.383 e. The van der Waals surface area contributed by atoms with E-state index in [1.54, 1.807) is 18.3 Å². The number of carbonyl (C=O) groups is 3. The van der Waals surface area contributed by atoms with Gasteiger partial charge < -0.3 is 16.0 Å². The Hall–Kier alpha value is -3.55. The molecule has 190 valence electrons. The van der Waals surface area contributed by atoms with E-state index in [4.69, 9.17) is 5.73 Å². The molecule has 0 unspecified atom stereocenters. The zero-order valence-electron chi connectivity index (χ0n) is 18.3. The topological polar surface area (TPSA) is 118 Å². The monoisotopic (exact) mass is 505 g/mol. The molecule has 0 saturated carbocycles. The molecule has 0 amide bonds. The number of aryl methyl sites for hydroxylation is 1. The van der Waals surface area contributed by atoms with Gasteiger partial charge in [0, 0.05) is 25.8 Å². The van der Waals surface area contributed by atoms with Gasteiger partial charge >= 0.3 is 23.9 Å². The number of nitrogens with two attached hydrogens (primary N) is 1. The molecule has 0 spiro atoms. The molecule has 1 fully saturated rings. The predicted molar refractivity (Wildman–Crippen MR) is 113 cm³/mol. The molecular weight excluding hydrogens is 484 g/mol. The Bertz CT molecular complexity index is 1060. The molecule has 8 nitrogen and oxygen atoms in total. The van der Waals surface area contributed by atoms with Crippen LogP contribution in [0.4, 0.5) is 38.0 Å². The molecule has 0 atom stereocenters. The number of alkyl halides is 6. The molecule has 0 aliphatic carbocycles. The summed E-state index contributed by atoms with van der Waals surface area (Å²) in [5.41, 5.74) is 7.56. The van der Waals surface area contributed by atoms with Crippen LogP contribution in [-0.4, -0.2) is 65.8 Å². The number of aromatic nitrogens is 2. The number of Topliss-reactive ketones (excluding diaryl/α,β-unsaturated/α-hetero) is 2. The van der Waals surface area contributed by atoms with Crippen molar-refractivity contribution in [2.75, 3.05) is 36.8 Å². The number of nitrogens with zero attached hydrogens (tertiary/aromatic N) is 3. The van der Waals surface area contributed by atoms with Gasteiger partial charge in [-0.05, 0) is 43.7 Å². The van der Waals surface area contributed by atoms with E-state index in [9.17, 15) is 40.7 Å². The van der Waals surface area contributed by atoms with E-state index in [2.05, 4.69) is 20.2 Å². The van der Waals surface area contributed by atoms with Gasteiger partial charge in [0.25, 0.3) is 0 Å². The number of nitrogen functional groups attached to an aromatic ring is 1. The van der Waals surface area contributed by atoms with Crippen molar-refractivity contribution in [3.05, 3.63) is 47.3 Å². The highest BCUT2D eigenvalue weighted by atomic mass is 19.4. The summed E-state index contributed by atoms with van der Waals surface area (Å²) in [4.78, 5) is 42.8. The molecule has 3 N–H and O–H groups in total. The summed E-state index contributed by atoms with van der Waals surface area (Å²) in [7, 11) is 0. The minimum absolute atomic E-state index is 0.187. The third-order valence-corrected chi connectivity index (χ3v) is 4.65. The van der Waals surface area contributed by atoms with Crippen LogP contribution in [0.25, 0.3) is 0 Å². The third-order valence-electron chi connectivity index (χ3n) is 4.65. The van der Waals surface area contributed by atoms with Gasteiger partial charge in [-0.1, -0.05) is 6.07 Å². The van der Waals surface area contributed by atoms with Crippen molar-refractivity contribution < 1.29 is 40.7 Å². The van der Waals surface area contributed by atoms with Crippen LogP contribution in [-0.2, 0) is 9.59 Å². The summed E-state index contributed by atoms with van der Waals surface area (Å²) in [6.07, 6.45) is -8.83. The van der Waals surface area contributed by atoms with E-state index in [1.807, 2.05) is 19.1 Å². The van der Waals surface area contributed by atoms with Crippen LogP contribution in [0.15, 0.2) is 30.5 Å². The van der Waals surface area contributed by atoms with E-state index in [-0.39, 0.29) is 11.6 Å². The maximum atomic E-state index is 12.7. The highest BCUT2D eigenvalue weighted by molar-refractivity contribution is 6.41. The van der Waals surface area contributed by atoms with Gasteiger partial charge in [-0.3, -0.25) is 14.4 Å². The van der Waals surface area contributed by atoms with Crippen molar-refractivity contribution in [3.8, 4) is 0 Å². The molecule has 0 bridgehead atoms. The van der Waals surface area contributed by atoms with Crippen LogP contribution in [0.3, 0.4) is 0 Å². The lowest BCUT2D eigenvalue weighted by atomic mass is 10.1. The fraction of sp³-hybridized carbons (Fsp3) is 0.381. The Morgan fingerprint density at radius 3 is 2.23 bits per heavy atom. The normalized spacial score (nSPS) is 14.4.